The van der Waals surface area contributed by atoms with Gasteiger partial charge in [0.15, 0.2) is 0 Å². The minimum Gasteiger partial charge on any atom is -0.475 e. The Hall–Kier alpha value is -3.94. The van der Waals surface area contributed by atoms with Crippen molar-refractivity contribution < 1.29 is 27.9 Å². The lowest BCUT2D eigenvalue weighted by molar-refractivity contribution is -0.192. The van der Waals surface area contributed by atoms with Gasteiger partial charge < -0.3 is 20.6 Å². The molecule has 38 heavy (non-hydrogen) atoms. The van der Waals surface area contributed by atoms with E-state index in [-0.39, 0.29) is 6.03 Å². The quantitative estimate of drug-likeness (QED) is 0.458. The zero-order valence-electron chi connectivity index (χ0n) is 21.4. The first kappa shape index (κ1) is 27.1. The number of hydrogen-bond donors (Lipinski definition) is 3. The fraction of sp³-hybridized carbons (Fsp3) is 0.458. The molecule has 0 saturated carbocycles. The van der Waals surface area contributed by atoms with Crippen LogP contribution in [0.2, 0.25) is 0 Å². The Morgan fingerprint density at radius 2 is 1.79 bits per heavy atom. The molecule has 204 valence electrons. The second-order valence-electron chi connectivity index (χ2n) is 9.47. The number of pyridine rings is 1. The third-order valence-electron chi connectivity index (χ3n) is 6.24. The van der Waals surface area contributed by atoms with E-state index in [2.05, 4.69) is 50.4 Å². The molecule has 0 radical (unpaired) electrons. The average Bonchev–Trinajstić information content (AvgIpc) is 3.40. The van der Waals surface area contributed by atoms with Gasteiger partial charge in [-0.3, -0.25) is 9.30 Å². The van der Waals surface area contributed by atoms with Gasteiger partial charge in [0.25, 0.3) is 0 Å². The molecule has 5 heterocycles. The number of aryl methyl sites for hydroxylation is 2. The van der Waals surface area contributed by atoms with Gasteiger partial charge in [-0.2, -0.15) is 13.2 Å². The molecular weight excluding hydrogens is 505 g/mol. The molecule has 14 heteroatoms. The summed E-state index contributed by atoms with van der Waals surface area (Å²) in [6.45, 7) is 10.7. The highest BCUT2D eigenvalue weighted by Crippen LogP contribution is 2.35. The van der Waals surface area contributed by atoms with Crippen LogP contribution in [0.5, 0.6) is 0 Å². The molecule has 3 aromatic heterocycles. The highest BCUT2D eigenvalue weighted by atomic mass is 19.4. The molecule has 2 aliphatic heterocycles. The minimum atomic E-state index is -5.08. The minimum absolute atomic E-state index is 0.188. The molecule has 2 aliphatic rings. The second kappa shape index (κ2) is 10.4. The van der Waals surface area contributed by atoms with Gasteiger partial charge in [-0.15, -0.1) is 0 Å². The number of carbonyl (C=O) groups excluding carboxylic acids is 1. The lowest BCUT2D eigenvalue weighted by Gasteiger charge is -2.38. The summed E-state index contributed by atoms with van der Waals surface area (Å²) in [5, 5.41) is 13.7. The predicted octanol–water partition coefficient (Wildman–Crippen LogP) is 3.16. The molecule has 3 N–H and O–H groups in total. The van der Waals surface area contributed by atoms with Gasteiger partial charge in [0, 0.05) is 61.6 Å². The molecule has 1 saturated heterocycles. The van der Waals surface area contributed by atoms with Gasteiger partial charge in [-0.1, -0.05) is 0 Å². The van der Waals surface area contributed by atoms with Crippen LogP contribution in [0.4, 0.5) is 35.2 Å². The zero-order chi connectivity index (χ0) is 27.8. The van der Waals surface area contributed by atoms with Crippen LogP contribution in [0.25, 0.3) is 5.78 Å². The Morgan fingerprint density at radius 3 is 2.42 bits per heavy atom. The Bertz CT molecular complexity index is 1350. The number of nitrogens with one attached hydrogen (secondary N) is 2. The van der Waals surface area contributed by atoms with Crippen LogP contribution in [0, 0.1) is 13.8 Å². The van der Waals surface area contributed by atoms with E-state index in [1.807, 2.05) is 36.8 Å². The zero-order valence-corrected chi connectivity index (χ0v) is 21.4. The van der Waals surface area contributed by atoms with Crippen LogP contribution in [0.1, 0.15) is 30.8 Å². The highest BCUT2D eigenvalue weighted by Gasteiger charge is 2.38. The van der Waals surface area contributed by atoms with Gasteiger partial charge in [0.2, 0.25) is 5.78 Å². The van der Waals surface area contributed by atoms with Crippen molar-refractivity contribution in [3.63, 3.8) is 0 Å². The number of alkyl halides is 3. The number of hydrogen-bond acceptors (Lipinski definition) is 7. The lowest BCUT2D eigenvalue weighted by atomic mass is 10.1. The first-order chi connectivity index (χ1) is 17.8. The maximum absolute atomic E-state index is 13.2. The highest BCUT2D eigenvalue weighted by molar-refractivity contribution is 6.03. The van der Waals surface area contributed by atoms with Gasteiger partial charge >= 0.3 is 18.2 Å². The van der Waals surface area contributed by atoms with Gasteiger partial charge in [0.05, 0.1) is 17.1 Å². The summed E-state index contributed by atoms with van der Waals surface area (Å²) in [4.78, 5) is 39.6. The number of fused-ring (bicyclic) bond motifs is 2. The number of piperazine rings is 1. The monoisotopic (exact) mass is 534 g/mol. The van der Waals surface area contributed by atoms with Crippen molar-refractivity contribution in [3.05, 3.63) is 41.6 Å². The van der Waals surface area contributed by atoms with Crippen molar-refractivity contribution in [2.24, 2.45) is 0 Å². The number of imidazole rings is 1. The van der Waals surface area contributed by atoms with Crippen molar-refractivity contribution in [2.45, 2.75) is 52.4 Å². The molecule has 0 unspecified atom stereocenters. The summed E-state index contributed by atoms with van der Waals surface area (Å²) in [6.07, 6.45) is 1.28. The van der Waals surface area contributed by atoms with Crippen LogP contribution >= 0.6 is 0 Å². The van der Waals surface area contributed by atoms with E-state index in [1.54, 1.807) is 4.90 Å². The largest absolute Gasteiger partial charge is 0.490 e. The van der Waals surface area contributed by atoms with Crippen molar-refractivity contribution in [2.75, 3.05) is 34.8 Å². The Kier molecular flexibility index (Phi) is 7.44. The number of amides is 2. The van der Waals surface area contributed by atoms with Crippen molar-refractivity contribution in [1.29, 1.82) is 0 Å². The standard InChI is InChI=1S/C22H28N8O.C2HF3O2/c1-13-9-28(10-14(2)24-13)19-5-7-23-20-17(19)6-8-30(20)22(31)27-18-12-29-11-15(3)25-21(29)26-16(18)4;3-2(4,5)1(6)7/h5,7,11-14,24H,6,8-10H2,1-4H3,(H,27,31);(H,6,7)/t13-,14+;. The molecular formula is C24H29F3N8O3. The molecule has 11 nitrogen and oxygen atoms in total. The third-order valence-corrected chi connectivity index (χ3v) is 6.24. The van der Waals surface area contributed by atoms with Crippen molar-refractivity contribution in [3.8, 4) is 0 Å². The molecule has 2 atom stereocenters. The SMILES string of the molecule is Cc1cn2cc(NC(=O)N3CCc4c(N5C[C@@H](C)N[C@@H](C)C5)ccnc43)c(C)nc2n1.O=C(O)C(F)(F)F. The fourth-order valence-corrected chi connectivity index (χ4v) is 4.72. The molecule has 0 aromatic carbocycles. The number of halogens is 3. The van der Waals surface area contributed by atoms with Crippen LogP contribution in [-0.4, -0.2) is 74.4 Å². The number of carboxylic acids is 1. The van der Waals surface area contributed by atoms with Crippen molar-refractivity contribution >= 4 is 35.0 Å². The van der Waals surface area contributed by atoms with E-state index < -0.39 is 12.1 Å². The Morgan fingerprint density at radius 1 is 1.13 bits per heavy atom. The van der Waals surface area contributed by atoms with E-state index >= 15 is 0 Å². The number of carbonyl (C=O) groups is 2. The smallest absolute Gasteiger partial charge is 0.475 e. The summed E-state index contributed by atoms with van der Waals surface area (Å²) >= 11 is 0. The summed E-state index contributed by atoms with van der Waals surface area (Å²) < 4.78 is 33.6. The lowest BCUT2D eigenvalue weighted by Crippen LogP contribution is -2.54. The number of carboxylic acid groups (broad SMARTS) is 1. The van der Waals surface area contributed by atoms with Gasteiger partial charge in [-0.05, 0) is 40.2 Å². The van der Waals surface area contributed by atoms with Gasteiger partial charge in [-0.25, -0.2) is 24.5 Å². The normalized spacial score (nSPS) is 19.1. The average molecular weight is 535 g/mol. The van der Waals surface area contributed by atoms with Crippen LogP contribution in [0.15, 0.2) is 24.7 Å². The summed E-state index contributed by atoms with van der Waals surface area (Å²) in [6, 6.07) is 2.73. The predicted molar refractivity (Wildman–Crippen MR) is 135 cm³/mol. The second-order valence-corrected chi connectivity index (χ2v) is 9.47. The number of nitrogens with zero attached hydrogens (tertiary/aromatic N) is 6. The Balaban J connectivity index is 0.000000426. The summed E-state index contributed by atoms with van der Waals surface area (Å²) in [7, 11) is 0. The van der Waals surface area contributed by atoms with Crippen molar-refractivity contribution in [1.82, 2.24) is 24.7 Å². The topological polar surface area (TPSA) is 128 Å². The van der Waals surface area contributed by atoms with Crippen LogP contribution < -0.4 is 20.4 Å². The molecule has 1 fully saturated rings. The van der Waals surface area contributed by atoms with E-state index in [1.165, 1.54) is 5.69 Å². The number of aliphatic carboxylic acids is 1. The first-order valence-corrected chi connectivity index (χ1v) is 12.0. The molecule has 5 rings (SSSR count). The fourth-order valence-electron chi connectivity index (χ4n) is 4.72. The van der Waals surface area contributed by atoms with E-state index in [4.69, 9.17) is 9.90 Å². The van der Waals surface area contributed by atoms with E-state index in [0.717, 1.165) is 42.3 Å². The Labute approximate surface area is 216 Å². The number of urea groups is 1. The maximum Gasteiger partial charge on any atom is 0.490 e. The molecule has 0 spiro atoms. The van der Waals surface area contributed by atoms with Crippen LogP contribution in [0.3, 0.4) is 0 Å². The van der Waals surface area contributed by atoms with Crippen LogP contribution in [-0.2, 0) is 11.2 Å². The maximum atomic E-state index is 13.2. The number of aromatic nitrogens is 4. The summed E-state index contributed by atoms with van der Waals surface area (Å²) in [5.41, 5.74) is 4.63. The first-order valence-electron chi connectivity index (χ1n) is 12.0. The molecule has 0 bridgehead atoms. The van der Waals surface area contributed by atoms with E-state index in [9.17, 15) is 18.0 Å². The summed E-state index contributed by atoms with van der Waals surface area (Å²) in [5.74, 6) is -1.38. The van der Waals surface area contributed by atoms with Gasteiger partial charge in [0.1, 0.15) is 5.82 Å². The molecule has 0 aliphatic carbocycles. The van der Waals surface area contributed by atoms with E-state index in [0.29, 0.717) is 30.1 Å². The number of anilines is 3. The third kappa shape index (κ3) is 5.79. The molecule has 2 amide bonds. The molecule has 3 aromatic rings. The number of rotatable bonds is 2.